The van der Waals surface area contributed by atoms with Crippen LogP contribution in [0.2, 0.25) is 0 Å². The molecule has 0 bridgehead atoms. The van der Waals surface area contributed by atoms with Crippen molar-refractivity contribution in [2.45, 2.75) is 52.1 Å². The van der Waals surface area contributed by atoms with E-state index in [-0.39, 0.29) is 18.6 Å². The van der Waals surface area contributed by atoms with Gasteiger partial charge in [0.2, 0.25) is 0 Å². The number of ether oxygens (including phenoxy) is 1. The van der Waals surface area contributed by atoms with Crippen LogP contribution in [0.25, 0.3) is 0 Å². The Kier molecular flexibility index (Phi) is 5.76. The smallest absolute Gasteiger partial charge is 0.340 e. The minimum Gasteiger partial charge on any atom is -0.452 e. The molecule has 0 saturated heterocycles. The lowest BCUT2D eigenvalue weighted by molar-refractivity contribution is -0.124. The van der Waals surface area contributed by atoms with E-state index in [4.69, 9.17) is 4.74 Å². The number of esters is 1. The van der Waals surface area contributed by atoms with E-state index in [2.05, 4.69) is 22.0 Å². The van der Waals surface area contributed by atoms with Gasteiger partial charge in [-0.05, 0) is 38.3 Å². The third-order valence-electron chi connectivity index (χ3n) is 5.03. The van der Waals surface area contributed by atoms with Crippen molar-refractivity contribution in [2.24, 2.45) is 0 Å². The van der Waals surface area contributed by atoms with Gasteiger partial charge < -0.3 is 14.6 Å². The van der Waals surface area contributed by atoms with Gasteiger partial charge >= 0.3 is 5.97 Å². The summed E-state index contributed by atoms with van der Waals surface area (Å²) in [6.45, 7) is 4.36. The van der Waals surface area contributed by atoms with Gasteiger partial charge in [-0.3, -0.25) is 4.79 Å². The lowest BCUT2D eigenvalue weighted by Gasteiger charge is -2.12. The molecule has 1 fully saturated rings. The van der Waals surface area contributed by atoms with E-state index in [1.54, 1.807) is 0 Å². The zero-order valence-corrected chi connectivity index (χ0v) is 15.5. The Labute approximate surface area is 154 Å². The van der Waals surface area contributed by atoms with Crippen LogP contribution in [0.5, 0.6) is 0 Å². The number of aromatic nitrogens is 1. The lowest BCUT2D eigenvalue weighted by Crippen LogP contribution is -2.35. The average molecular weight is 354 g/mol. The van der Waals surface area contributed by atoms with Crippen molar-refractivity contribution >= 4 is 11.9 Å². The highest BCUT2D eigenvalue weighted by Crippen LogP contribution is 2.19. The van der Waals surface area contributed by atoms with E-state index in [9.17, 15) is 9.59 Å². The first-order chi connectivity index (χ1) is 12.5. The Morgan fingerprint density at radius 3 is 2.54 bits per heavy atom. The molecule has 0 aliphatic heterocycles. The highest BCUT2D eigenvalue weighted by atomic mass is 16.5. The molecule has 0 atom stereocenters. The molecule has 2 aromatic rings. The number of nitrogens with one attached hydrogen (secondary N) is 1. The number of carbonyl (C=O) groups excluding carboxylic acids is 2. The van der Waals surface area contributed by atoms with Crippen molar-refractivity contribution in [1.29, 1.82) is 0 Å². The Morgan fingerprint density at radius 1 is 1.15 bits per heavy atom. The van der Waals surface area contributed by atoms with Crippen molar-refractivity contribution in [3.8, 4) is 0 Å². The first-order valence-corrected chi connectivity index (χ1v) is 9.21. The Bertz CT molecular complexity index is 774. The van der Waals surface area contributed by atoms with Gasteiger partial charge in [0, 0.05) is 24.0 Å². The molecule has 5 heteroatoms. The number of benzene rings is 1. The quantitative estimate of drug-likeness (QED) is 0.809. The summed E-state index contributed by atoms with van der Waals surface area (Å²) in [6, 6.07) is 12.2. The molecule has 0 unspecified atom stereocenters. The average Bonchev–Trinajstić information content (AvgIpc) is 3.24. The molecule has 26 heavy (non-hydrogen) atoms. The van der Waals surface area contributed by atoms with Crippen LogP contribution in [-0.4, -0.2) is 29.1 Å². The van der Waals surface area contributed by atoms with Crippen LogP contribution in [0.3, 0.4) is 0 Å². The van der Waals surface area contributed by atoms with Crippen molar-refractivity contribution in [1.82, 2.24) is 9.88 Å². The fourth-order valence-corrected chi connectivity index (χ4v) is 3.57. The second-order valence-electron chi connectivity index (χ2n) is 6.98. The summed E-state index contributed by atoms with van der Waals surface area (Å²) in [5, 5.41) is 2.93. The van der Waals surface area contributed by atoms with Gasteiger partial charge in [0.15, 0.2) is 6.61 Å². The Balaban J connectivity index is 1.60. The third kappa shape index (κ3) is 4.34. The van der Waals surface area contributed by atoms with E-state index in [1.165, 1.54) is 5.56 Å². The summed E-state index contributed by atoms with van der Waals surface area (Å²) < 4.78 is 7.32. The molecule has 1 aromatic carbocycles. The van der Waals surface area contributed by atoms with Crippen LogP contribution in [0.1, 0.15) is 53.0 Å². The lowest BCUT2D eigenvalue weighted by atomic mass is 10.2. The van der Waals surface area contributed by atoms with Crippen LogP contribution in [0.4, 0.5) is 0 Å². The van der Waals surface area contributed by atoms with Gasteiger partial charge in [0.1, 0.15) is 0 Å². The molecule has 1 aliphatic rings. The second-order valence-corrected chi connectivity index (χ2v) is 6.98. The normalized spacial score (nSPS) is 14.4. The van der Waals surface area contributed by atoms with Gasteiger partial charge in [0.05, 0.1) is 5.56 Å². The van der Waals surface area contributed by atoms with Crippen LogP contribution < -0.4 is 5.32 Å². The largest absolute Gasteiger partial charge is 0.452 e. The van der Waals surface area contributed by atoms with Gasteiger partial charge in [-0.25, -0.2) is 4.79 Å². The Morgan fingerprint density at radius 2 is 1.85 bits per heavy atom. The molecule has 0 spiro atoms. The van der Waals surface area contributed by atoms with Crippen molar-refractivity contribution < 1.29 is 14.3 Å². The Hall–Kier alpha value is -2.56. The minimum absolute atomic E-state index is 0.219. The summed E-state index contributed by atoms with van der Waals surface area (Å²) in [6.07, 6.45) is 4.33. The topological polar surface area (TPSA) is 60.3 Å². The SMILES string of the molecule is Cc1cc(C(=O)OCC(=O)NC2CCCC2)c(C)n1Cc1ccccc1. The molecule has 5 nitrogen and oxygen atoms in total. The fraction of sp³-hybridized carbons (Fsp3) is 0.429. The van der Waals surface area contributed by atoms with Crippen molar-refractivity contribution in [2.75, 3.05) is 6.61 Å². The molecule has 1 saturated carbocycles. The molecule has 138 valence electrons. The maximum Gasteiger partial charge on any atom is 0.340 e. The highest BCUT2D eigenvalue weighted by molar-refractivity contribution is 5.92. The monoisotopic (exact) mass is 354 g/mol. The van der Waals surface area contributed by atoms with Crippen molar-refractivity contribution in [3.05, 3.63) is 58.9 Å². The fourth-order valence-electron chi connectivity index (χ4n) is 3.57. The zero-order chi connectivity index (χ0) is 18.5. The molecule has 0 radical (unpaired) electrons. The van der Waals surface area contributed by atoms with E-state index in [0.29, 0.717) is 12.1 Å². The van der Waals surface area contributed by atoms with E-state index < -0.39 is 5.97 Å². The molecule has 1 N–H and O–H groups in total. The highest BCUT2D eigenvalue weighted by Gasteiger charge is 2.20. The van der Waals surface area contributed by atoms with Gasteiger partial charge in [0.25, 0.3) is 5.91 Å². The van der Waals surface area contributed by atoms with Gasteiger partial charge in [-0.15, -0.1) is 0 Å². The maximum absolute atomic E-state index is 12.4. The third-order valence-corrected chi connectivity index (χ3v) is 5.03. The number of hydrogen-bond donors (Lipinski definition) is 1. The number of amides is 1. The van der Waals surface area contributed by atoms with Crippen molar-refractivity contribution in [3.63, 3.8) is 0 Å². The van der Waals surface area contributed by atoms with E-state index >= 15 is 0 Å². The number of rotatable bonds is 6. The van der Waals surface area contributed by atoms with Crippen LogP contribution in [-0.2, 0) is 16.1 Å². The zero-order valence-electron chi connectivity index (χ0n) is 15.5. The number of hydrogen-bond acceptors (Lipinski definition) is 3. The van der Waals surface area contributed by atoms with Crippen LogP contribution in [0.15, 0.2) is 36.4 Å². The predicted molar refractivity (Wildman–Crippen MR) is 100 cm³/mol. The molecule has 3 rings (SSSR count). The predicted octanol–water partition coefficient (Wildman–Crippen LogP) is 3.37. The van der Waals surface area contributed by atoms with Crippen LogP contribution in [0, 0.1) is 13.8 Å². The summed E-state index contributed by atoms with van der Waals surface area (Å²) in [5.74, 6) is -0.665. The molecule has 1 amide bonds. The summed E-state index contributed by atoms with van der Waals surface area (Å²) >= 11 is 0. The maximum atomic E-state index is 12.4. The first-order valence-electron chi connectivity index (χ1n) is 9.21. The van der Waals surface area contributed by atoms with Crippen LogP contribution >= 0.6 is 0 Å². The minimum atomic E-state index is -0.445. The summed E-state index contributed by atoms with van der Waals surface area (Å²) in [7, 11) is 0. The van der Waals surface area contributed by atoms with E-state index in [1.807, 2.05) is 38.1 Å². The number of carbonyl (C=O) groups is 2. The standard InChI is InChI=1S/C21H26N2O3/c1-15-12-19(16(2)23(15)13-17-8-4-3-5-9-17)21(25)26-14-20(24)22-18-10-6-7-11-18/h3-5,8-9,12,18H,6-7,10-11,13-14H2,1-2H3,(H,22,24). The molecular formula is C21H26N2O3. The molecule has 1 aliphatic carbocycles. The molecule has 1 heterocycles. The molecule has 1 aromatic heterocycles. The first kappa shape index (κ1) is 18.2. The number of nitrogens with zero attached hydrogens (tertiary/aromatic N) is 1. The van der Waals surface area contributed by atoms with Gasteiger partial charge in [-0.2, -0.15) is 0 Å². The summed E-state index contributed by atoms with van der Waals surface area (Å²) in [4.78, 5) is 24.3. The number of aryl methyl sites for hydroxylation is 1. The molecular weight excluding hydrogens is 328 g/mol. The summed E-state index contributed by atoms with van der Waals surface area (Å²) in [5.41, 5.74) is 3.54. The van der Waals surface area contributed by atoms with Gasteiger partial charge in [-0.1, -0.05) is 43.2 Å². The second kappa shape index (κ2) is 8.21. The van der Waals surface area contributed by atoms with E-state index in [0.717, 1.165) is 37.1 Å².